The third kappa shape index (κ3) is 14.4. The Morgan fingerprint density at radius 3 is 1.53 bits per heavy atom. The van der Waals surface area contributed by atoms with E-state index in [1.165, 1.54) is 57.8 Å². The van der Waals surface area contributed by atoms with Crippen LogP contribution in [0, 0.1) is 0 Å². The summed E-state index contributed by atoms with van der Waals surface area (Å²) in [5, 5.41) is 0. The lowest BCUT2D eigenvalue weighted by atomic mass is 10.1. The average Bonchev–Trinajstić information content (AvgIpc) is 2.20. The number of rotatable bonds is 11. The molecule has 0 radical (unpaired) electrons. The van der Waals surface area contributed by atoms with Crippen molar-refractivity contribution in [2.75, 3.05) is 6.54 Å². The summed E-state index contributed by atoms with van der Waals surface area (Å²) in [7, 11) is 0. The first-order chi connectivity index (χ1) is 7.27. The highest BCUT2D eigenvalue weighted by atomic mass is 79.9. The molecule has 0 aliphatic carbocycles. The molecular weight excluding hydrogens is 252 g/mol. The Hall–Kier alpha value is 0.400. The Morgan fingerprint density at radius 1 is 0.733 bits per heavy atom. The van der Waals surface area contributed by atoms with Crippen molar-refractivity contribution in [2.24, 2.45) is 11.5 Å². The molecule has 0 saturated heterocycles. The minimum absolute atomic E-state index is 0.203. The molecule has 0 aliphatic heterocycles. The number of hydrogen-bond donors (Lipinski definition) is 2. The summed E-state index contributed by atoms with van der Waals surface area (Å²) in [5.41, 5.74) is 11.0. The topological polar surface area (TPSA) is 52.0 Å². The number of nitrogens with two attached hydrogens (primary N) is 2. The van der Waals surface area contributed by atoms with E-state index in [0.29, 0.717) is 0 Å². The summed E-state index contributed by atoms with van der Waals surface area (Å²) in [6.07, 6.45) is 13.1. The Labute approximate surface area is 103 Å². The monoisotopic (exact) mass is 278 g/mol. The van der Waals surface area contributed by atoms with Gasteiger partial charge in [-0.15, -0.1) is 0 Å². The predicted octanol–water partition coefficient (Wildman–Crippen LogP) is 3.53. The van der Waals surface area contributed by atoms with Crippen LogP contribution in [0.5, 0.6) is 0 Å². The Kier molecular flexibility index (Phi) is 12.8. The average molecular weight is 279 g/mol. The highest BCUT2D eigenvalue weighted by Gasteiger charge is 1.96. The van der Waals surface area contributed by atoms with Crippen LogP contribution in [0.1, 0.15) is 64.2 Å². The van der Waals surface area contributed by atoms with Gasteiger partial charge in [-0.05, 0) is 19.4 Å². The van der Waals surface area contributed by atoms with Gasteiger partial charge in [0, 0.05) is 0 Å². The van der Waals surface area contributed by atoms with E-state index >= 15 is 0 Å². The summed E-state index contributed by atoms with van der Waals surface area (Å²) < 4.78 is 0. The Balaban J connectivity index is 2.87. The molecular formula is C12H27BrN2. The molecule has 0 fully saturated rings. The predicted molar refractivity (Wildman–Crippen MR) is 72.1 cm³/mol. The molecule has 4 N–H and O–H groups in total. The summed E-state index contributed by atoms with van der Waals surface area (Å²) in [4.78, 5) is 0.203. The van der Waals surface area contributed by atoms with Gasteiger partial charge in [-0.1, -0.05) is 67.3 Å². The maximum Gasteiger partial charge on any atom is 0.0605 e. The van der Waals surface area contributed by atoms with Crippen LogP contribution in [-0.2, 0) is 0 Å². The highest BCUT2D eigenvalue weighted by molar-refractivity contribution is 9.09. The lowest BCUT2D eigenvalue weighted by Gasteiger charge is -2.03. The van der Waals surface area contributed by atoms with E-state index in [1.54, 1.807) is 0 Å². The van der Waals surface area contributed by atoms with Crippen LogP contribution < -0.4 is 11.5 Å². The first-order valence-corrected chi connectivity index (χ1v) is 7.28. The molecule has 0 bridgehead atoms. The SMILES string of the molecule is NCCCCCCCCCCCC(N)Br. The number of alkyl halides is 1. The Morgan fingerprint density at radius 2 is 1.13 bits per heavy atom. The molecule has 0 aromatic carbocycles. The molecule has 0 aromatic heterocycles. The van der Waals surface area contributed by atoms with Gasteiger partial charge in [0.25, 0.3) is 0 Å². The van der Waals surface area contributed by atoms with Gasteiger partial charge in [0.15, 0.2) is 0 Å². The van der Waals surface area contributed by atoms with Crippen molar-refractivity contribution in [3.05, 3.63) is 0 Å². The second-order valence-corrected chi connectivity index (χ2v) is 5.45. The van der Waals surface area contributed by atoms with Crippen molar-refractivity contribution >= 4 is 15.9 Å². The fourth-order valence-electron chi connectivity index (χ4n) is 1.72. The largest absolute Gasteiger partial charge is 0.330 e. The van der Waals surface area contributed by atoms with E-state index in [1.807, 2.05) is 0 Å². The van der Waals surface area contributed by atoms with Crippen LogP contribution in [0.4, 0.5) is 0 Å². The minimum atomic E-state index is 0.203. The van der Waals surface area contributed by atoms with Gasteiger partial charge in [0.05, 0.1) is 4.95 Å². The van der Waals surface area contributed by atoms with Crippen LogP contribution in [0.3, 0.4) is 0 Å². The number of hydrogen-bond acceptors (Lipinski definition) is 2. The van der Waals surface area contributed by atoms with Crippen LogP contribution in [-0.4, -0.2) is 11.5 Å². The van der Waals surface area contributed by atoms with Crippen molar-refractivity contribution in [3.8, 4) is 0 Å². The lowest BCUT2D eigenvalue weighted by molar-refractivity contribution is 0.552. The molecule has 2 nitrogen and oxygen atoms in total. The maximum absolute atomic E-state index is 5.61. The summed E-state index contributed by atoms with van der Waals surface area (Å²) in [6.45, 7) is 0.854. The van der Waals surface area contributed by atoms with Crippen molar-refractivity contribution in [3.63, 3.8) is 0 Å². The van der Waals surface area contributed by atoms with Gasteiger partial charge < -0.3 is 11.5 Å². The van der Waals surface area contributed by atoms with Crippen molar-refractivity contribution in [1.82, 2.24) is 0 Å². The number of unbranched alkanes of at least 4 members (excludes halogenated alkanes) is 8. The van der Waals surface area contributed by atoms with Crippen LogP contribution in [0.15, 0.2) is 0 Å². The minimum Gasteiger partial charge on any atom is -0.330 e. The number of halogens is 1. The smallest absolute Gasteiger partial charge is 0.0605 e. The first kappa shape index (κ1) is 15.4. The van der Waals surface area contributed by atoms with E-state index in [0.717, 1.165) is 13.0 Å². The molecule has 0 spiro atoms. The highest BCUT2D eigenvalue weighted by Crippen LogP contribution is 2.11. The first-order valence-electron chi connectivity index (χ1n) is 6.37. The molecule has 92 valence electrons. The van der Waals surface area contributed by atoms with Crippen LogP contribution >= 0.6 is 15.9 Å². The van der Waals surface area contributed by atoms with E-state index in [-0.39, 0.29) is 4.95 Å². The van der Waals surface area contributed by atoms with Gasteiger partial charge >= 0.3 is 0 Å². The summed E-state index contributed by atoms with van der Waals surface area (Å²) >= 11 is 3.36. The molecule has 1 unspecified atom stereocenters. The van der Waals surface area contributed by atoms with E-state index < -0.39 is 0 Å². The zero-order chi connectivity index (χ0) is 11.4. The molecule has 0 aliphatic rings. The second kappa shape index (κ2) is 12.5. The van der Waals surface area contributed by atoms with Crippen molar-refractivity contribution < 1.29 is 0 Å². The maximum atomic E-state index is 5.61. The van der Waals surface area contributed by atoms with Gasteiger partial charge in [-0.25, -0.2) is 0 Å². The summed E-state index contributed by atoms with van der Waals surface area (Å²) in [5.74, 6) is 0. The van der Waals surface area contributed by atoms with Gasteiger partial charge in [-0.2, -0.15) is 0 Å². The van der Waals surface area contributed by atoms with Crippen molar-refractivity contribution in [1.29, 1.82) is 0 Å². The molecule has 15 heavy (non-hydrogen) atoms. The molecule has 3 heteroatoms. The normalized spacial score (nSPS) is 13.0. The third-order valence-electron chi connectivity index (χ3n) is 2.68. The van der Waals surface area contributed by atoms with Gasteiger partial charge in [0.2, 0.25) is 0 Å². The zero-order valence-electron chi connectivity index (χ0n) is 9.89. The van der Waals surface area contributed by atoms with E-state index in [9.17, 15) is 0 Å². The van der Waals surface area contributed by atoms with E-state index in [2.05, 4.69) is 15.9 Å². The van der Waals surface area contributed by atoms with Crippen molar-refractivity contribution in [2.45, 2.75) is 69.2 Å². The van der Waals surface area contributed by atoms with E-state index in [4.69, 9.17) is 11.5 Å². The second-order valence-electron chi connectivity index (χ2n) is 4.28. The van der Waals surface area contributed by atoms with Crippen LogP contribution in [0.2, 0.25) is 0 Å². The fraction of sp³-hybridized carbons (Fsp3) is 1.00. The third-order valence-corrected chi connectivity index (χ3v) is 3.14. The zero-order valence-corrected chi connectivity index (χ0v) is 11.5. The molecule has 0 amide bonds. The van der Waals surface area contributed by atoms with Gasteiger partial charge in [0.1, 0.15) is 0 Å². The molecule has 0 saturated carbocycles. The van der Waals surface area contributed by atoms with Crippen LogP contribution in [0.25, 0.3) is 0 Å². The fourth-order valence-corrected chi connectivity index (χ4v) is 2.04. The summed E-state index contributed by atoms with van der Waals surface area (Å²) in [6, 6.07) is 0. The molecule has 0 aromatic rings. The standard InChI is InChI=1S/C12H27BrN2/c13-12(15)10-8-6-4-2-1-3-5-7-9-11-14/h12H,1-11,14-15H2. The molecule has 0 heterocycles. The molecule has 0 rings (SSSR count). The quantitative estimate of drug-likeness (QED) is 0.345. The molecule has 1 atom stereocenters. The Bertz CT molecular complexity index is 118. The lowest BCUT2D eigenvalue weighted by Crippen LogP contribution is -2.09. The van der Waals surface area contributed by atoms with Gasteiger partial charge in [-0.3, -0.25) is 0 Å².